The average Bonchev–Trinajstić information content (AvgIpc) is 2.17. The van der Waals surface area contributed by atoms with Crippen molar-refractivity contribution in [2.75, 3.05) is 0 Å². The van der Waals surface area contributed by atoms with Crippen molar-refractivity contribution < 1.29 is 4.79 Å². The molecule has 2 N–H and O–H groups in total. The number of allylic oxidation sites excluding steroid dienone is 1. The van der Waals surface area contributed by atoms with Crippen LogP contribution in [-0.2, 0) is 5.54 Å². The Hall–Kier alpha value is -1.77. The molecular weight excluding hydrogens is 200 g/mol. The minimum Gasteiger partial charge on any atom is -0.351 e. The molecule has 1 rings (SSSR count). The summed E-state index contributed by atoms with van der Waals surface area (Å²) in [5, 5.41) is 0. The lowest BCUT2D eigenvalue weighted by atomic mass is 9.92. The Morgan fingerprint density at radius 3 is 2.19 bits per heavy atom. The monoisotopic (exact) mass is 218 g/mol. The Morgan fingerprint density at radius 2 is 1.81 bits per heavy atom. The van der Waals surface area contributed by atoms with E-state index in [9.17, 15) is 4.79 Å². The average molecular weight is 218 g/mol. The molecule has 0 aliphatic rings. The molecule has 3 nitrogen and oxygen atoms in total. The second-order valence-electron chi connectivity index (χ2n) is 4.33. The van der Waals surface area contributed by atoms with Gasteiger partial charge in [-0.05, 0) is 26.3 Å². The number of carbonyl (C=O) groups is 1. The third kappa shape index (κ3) is 2.24. The van der Waals surface area contributed by atoms with E-state index in [1.54, 1.807) is 6.92 Å². The lowest BCUT2D eigenvalue weighted by Gasteiger charge is -2.38. The van der Waals surface area contributed by atoms with Crippen molar-refractivity contribution in [3.63, 3.8) is 0 Å². The molecule has 0 atom stereocenters. The van der Waals surface area contributed by atoms with Crippen LogP contribution in [0.3, 0.4) is 0 Å². The van der Waals surface area contributed by atoms with Crippen LogP contribution in [0.5, 0.6) is 0 Å². The third-order valence-corrected chi connectivity index (χ3v) is 2.64. The van der Waals surface area contributed by atoms with E-state index in [4.69, 9.17) is 5.73 Å². The van der Waals surface area contributed by atoms with Crippen molar-refractivity contribution in [2.24, 2.45) is 5.73 Å². The summed E-state index contributed by atoms with van der Waals surface area (Å²) in [6.45, 7) is 9.46. The van der Waals surface area contributed by atoms with Gasteiger partial charge in [0.25, 0.3) is 0 Å². The molecule has 1 aromatic rings. The Balaban J connectivity index is 3.18. The molecule has 16 heavy (non-hydrogen) atoms. The van der Waals surface area contributed by atoms with Crippen molar-refractivity contribution in [3.8, 4) is 0 Å². The van der Waals surface area contributed by atoms with E-state index < -0.39 is 11.6 Å². The summed E-state index contributed by atoms with van der Waals surface area (Å²) in [5.74, 6) is 0. The first kappa shape index (κ1) is 12.3. The number of primary amides is 1. The predicted molar refractivity (Wildman–Crippen MR) is 65.7 cm³/mol. The summed E-state index contributed by atoms with van der Waals surface area (Å²) in [7, 11) is 0. The molecular formula is C13H18N2O. The predicted octanol–water partition coefficient (Wildman–Crippen LogP) is 2.84. The van der Waals surface area contributed by atoms with Crippen molar-refractivity contribution in [3.05, 3.63) is 48.2 Å². The lowest BCUT2D eigenvalue weighted by Crippen LogP contribution is -2.46. The number of benzene rings is 1. The summed E-state index contributed by atoms with van der Waals surface area (Å²) >= 11 is 0. The fourth-order valence-electron chi connectivity index (χ4n) is 1.92. The molecule has 0 radical (unpaired) electrons. The van der Waals surface area contributed by atoms with E-state index in [1.807, 2.05) is 44.2 Å². The van der Waals surface area contributed by atoms with Gasteiger partial charge in [-0.15, -0.1) is 0 Å². The fourth-order valence-corrected chi connectivity index (χ4v) is 1.92. The zero-order valence-electron chi connectivity index (χ0n) is 10.0. The van der Waals surface area contributed by atoms with Crippen LogP contribution in [0.2, 0.25) is 0 Å². The van der Waals surface area contributed by atoms with Crippen molar-refractivity contribution in [1.82, 2.24) is 4.90 Å². The van der Waals surface area contributed by atoms with Crippen molar-refractivity contribution >= 4 is 6.03 Å². The van der Waals surface area contributed by atoms with Crippen LogP contribution >= 0.6 is 0 Å². The summed E-state index contributed by atoms with van der Waals surface area (Å²) < 4.78 is 0. The topological polar surface area (TPSA) is 46.3 Å². The number of hydrogen-bond acceptors (Lipinski definition) is 1. The number of carbonyl (C=O) groups excluding carboxylic acids is 1. The van der Waals surface area contributed by atoms with Crippen LogP contribution in [0.15, 0.2) is 42.6 Å². The van der Waals surface area contributed by atoms with Crippen LogP contribution in [-0.4, -0.2) is 10.9 Å². The maximum Gasteiger partial charge on any atom is 0.319 e. The molecule has 0 aliphatic heterocycles. The Labute approximate surface area is 96.6 Å². The largest absolute Gasteiger partial charge is 0.351 e. The zero-order valence-corrected chi connectivity index (χ0v) is 10.0. The number of nitrogens with two attached hydrogens (primary N) is 1. The van der Waals surface area contributed by atoms with Gasteiger partial charge in [-0.1, -0.05) is 36.9 Å². The van der Waals surface area contributed by atoms with Gasteiger partial charge in [0, 0.05) is 5.70 Å². The first-order valence-electron chi connectivity index (χ1n) is 5.18. The second-order valence-corrected chi connectivity index (χ2v) is 4.33. The SMILES string of the molecule is C=C(C)N(C(N)=O)C(C)(C)c1ccccc1. The minimum atomic E-state index is -0.487. The first-order chi connectivity index (χ1) is 7.37. The summed E-state index contributed by atoms with van der Waals surface area (Å²) in [6.07, 6.45) is 0. The van der Waals surface area contributed by atoms with E-state index in [0.29, 0.717) is 5.70 Å². The molecule has 0 heterocycles. The molecule has 0 spiro atoms. The number of rotatable bonds is 3. The quantitative estimate of drug-likeness (QED) is 0.833. The van der Waals surface area contributed by atoms with Gasteiger partial charge >= 0.3 is 6.03 Å². The van der Waals surface area contributed by atoms with Gasteiger partial charge < -0.3 is 5.73 Å². The summed E-state index contributed by atoms with van der Waals surface area (Å²) in [6, 6.07) is 9.28. The first-order valence-corrected chi connectivity index (χ1v) is 5.18. The number of hydrogen-bond donors (Lipinski definition) is 1. The van der Waals surface area contributed by atoms with Gasteiger partial charge in [0.15, 0.2) is 0 Å². The highest BCUT2D eigenvalue weighted by Crippen LogP contribution is 2.29. The molecule has 0 unspecified atom stereocenters. The van der Waals surface area contributed by atoms with Crippen LogP contribution < -0.4 is 5.73 Å². The molecule has 0 aromatic heterocycles. The second kappa shape index (κ2) is 4.39. The van der Waals surface area contributed by atoms with Crippen molar-refractivity contribution in [2.45, 2.75) is 26.3 Å². The molecule has 3 heteroatoms. The maximum absolute atomic E-state index is 11.4. The minimum absolute atomic E-state index is 0.485. The Bertz CT molecular complexity index is 382. The Morgan fingerprint density at radius 1 is 1.31 bits per heavy atom. The van der Waals surface area contributed by atoms with Gasteiger partial charge in [-0.2, -0.15) is 0 Å². The van der Waals surface area contributed by atoms with Crippen LogP contribution in [0, 0.1) is 0 Å². The number of urea groups is 1. The molecule has 0 fully saturated rings. The van der Waals surface area contributed by atoms with E-state index in [1.165, 1.54) is 4.90 Å². The van der Waals surface area contributed by atoms with Crippen LogP contribution in [0.1, 0.15) is 26.3 Å². The Kier molecular flexibility index (Phi) is 3.38. The maximum atomic E-state index is 11.4. The van der Waals surface area contributed by atoms with Gasteiger partial charge in [-0.25, -0.2) is 4.79 Å². The zero-order chi connectivity index (χ0) is 12.3. The summed E-state index contributed by atoms with van der Waals surface area (Å²) in [4.78, 5) is 13.0. The van der Waals surface area contributed by atoms with Gasteiger partial charge in [-0.3, -0.25) is 4.90 Å². The van der Waals surface area contributed by atoms with E-state index in [-0.39, 0.29) is 0 Å². The lowest BCUT2D eigenvalue weighted by molar-refractivity contribution is 0.170. The highest BCUT2D eigenvalue weighted by atomic mass is 16.2. The van der Waals surface area contributed by atoms with Gasteiger partial charge in [0.2, 0.25) is 0 Å². The van der Waals surface area contributed by atoms with E-state index in [2.05, 4.69) is 6.58 Å². The molecule has 0 saturated carbocycles. The fraction of sp³-hybridized carbons (Fsp3) is 0.308. The number of nitrogens with zero attached hydrogens (tertiary/aromatic N) is 1. The molecule has 1 aromatic carbocycles. The highest BCUT2D eigenvalue weighted by molar-refractivity contribution is 5.75. The van der Waals surface area contributed by atoms with Gasteiger partial charge in [0.1, 0.15) is 0 Å². The van der Waals surface area contributed by atoms with Crippen LogP contribution in [0.4, 0.5) is 4.79 Å². The normalized spacial score (nSPS) is 10.9. The molecule has 2 amide bonds. The standard InChI is InChI=1S/C13H18N2O/c1-10(2)15(12(14)16)13(3,4)11-8-6-5-7-9-11/h5-9H,1H2,2-4H3,(H2,14,16). The number of amides is 2. The van der Waals surface area contributed by atoms with E-state index in [0.717, 1.165) is 5.56 Å². The molecule has 0 aliphatic carbocycles. The van der Waals surface area contributed by atoms with E-state index >= 15 is 0 Å². The highest BCUT2D eigenvalue weighted by Gasteiger charge is 2.31. The summed E-state index contributed by atoms with van der Waals surface area (Å²) in [5.41, 5.74) is 6.57. The molecule has 86 valence electrons. The smallest absolute Gasteiger partial charge is 0.319 e. The van der Waals surface area contributed by atoms with Gasteiger partial charge in [0.05, 0.1) is 5.54 Å². The molecule has 0 bridgehead atoms. The third-order valence-electron chi connectivity index (χ3n) is 2.64. The van der Waals surface area contributed by atoms with Crippen molar-refractivity contribution in [1.29, 1.82) is 0 Å². The molecule has 0 saturated heterocycles. The van der Waals surface area contributed by atoms with Crippen LogP contribution in [0.25, 0.3) is 0 Å².